The van der Waals surface area contributed by atoms with E-state index in [-0.39, 0.29) is 27.0 Å². The number of nitrogens with one attached hydrogen (secondary N) is 2. The first kappa shape index (κ1) is 30.5. The van der Waals surface area contributed by atoms with Crippen LogP contribution in [0.15, 0.2) is 57.8 Å². The number of anilines is 2. The average Bonchev–Trinajstić information content (AvgIpc) is 3.34. The maximum absolute atomic E-state index is 13.1. The van der Waals surface area contributed by atoms with Gasteiger partial charge in [0.25, 0.3) is 5.91 Å². The Balaban J connectivity index is 1.57. The fourth-order valence-corrected chi connectivity index (χ4v) is 6.59. The Labute approximate surface area is 232 Å². The Morgan fingerprint density at radius 1 is 0.974 bits per heavy atom. The Kier molecular flexibility index (Phi) is 10.5. The first-order chi connectivity index (χ1) is 18.5. The zero-order chi connectivity index (χ0) is 28.6. The van der Waals surface area contributed by atoms with Crippen molar-refractivity contribution in [2.75, 3.05) is 29.5 Å². The number of benzene rings is 2. The third kappa shape index (κ3) is 8.24. The van der Waals surface area contributed by atoms with Gasteiger partial charge < -0.3 is 5.32 Å². The number of aromatic nitrogens is 2. The van der Waals surface area contributed by atoms with Crippen molar-refractivity contribution in [3.8, 4) is 0 Å². The van der Waals surface area contributed by atoms with Crippen LogP contribution >= 0.6 is 23.1 Å². The van der Waals surface area contributed by atoms with E-state index in [0.717, 1.165) is 29.2 Å². The molecule has 2 amide bonds. The van der Waals surface area contributed by atoms with Crippen LogP contribution < -0.4 is 10.6 Å². The van der Waals surface area contributed by atoms with Crippen LogP contribution in [0.3, 0.4) is 0 Å². The van der Waals surface area contributed by atoms with E-state index in [4.69, 9.17) is 0 Å². The summed E-state index contributed by atoms with van der Waals surface area (Å²) in [4.78, 5) is 24.9. The molecule has 0 radical (unpaired) electrons. The van der Waals surface area contributed by atoms with E-state index in [0.29, 0.717) is 30.3 Å². The molecule has 0 bridgehead atoms. The number of hydrogen-bond acceptors (Lipinski definition) is 8. The molecule has 210 valence electrons. The van der Waals surface area contributed by atoms with Crippen LogP contribution in [-0.4, -0.2) is 53.6 Å². The number of amides is 2. The Bertz CT molecular complexity index is 1390. The van der Waals surface area contributed by atoms with Gasteiger partial charge in [0, 0.05) is 18.7 Å². The number of carbonyl (C=O) groups excluding carboxylic acids is 2. The molecule has 0 saturated carbocycles. The third-order valence-electron chi connectivity index (χ3n) is 5.16. The van der Waals surface area contributed by atoms with Gasteiger partial charge in [-0.2, -0.15) is 17.5 Å². The molecule has 0 fully saturated rings. The molecule has 0 atom stereocenters. The molecule has 2 aromatic carbocycles. The summed E-state index contributed by atoms with van der Waals surface area (Å²) >= 11 is 1.93. The molecule has 0 aliphatic heterocycles. The van der Waals surface area contributed by atoms with Crippen molar-refractivity contribution in [3.63, 3.8) is 0 Å². The maximum atomic E-state index is 13.1. The lowest BCUT2D eigenvalue weighted by molar-refractivity contribution is -0.137. The molecular weight excluding hydrogens is 575 g/mol. The lowest BCUT2D eigenvalue weighted by Crippen LogP contribution is -2.32. The number of thioether (sulfide) groups is 1. The summed E-state index contributed by atoms with van der Waals surface area (Å²) in [7, 11) is -3.68. The summed E-state index contributed by atoms with van der Waals surface area (Å²) in [5, 5.41) is 12.7. The van der Waals surface area contributed by atoms with Crippen LogP contribution in [0.4, 0.5) is 24.0 Å². The summed E-state index contributed by atoms with van der Waals surface area (Å²) < 4.78 is 66.8. The molecule has 2 N–H and O–H groups in total. The summed E-state index contributed by atoms with van der Waals surface area (Å²) in [6, 6.07) is 10.2. The van der Waals surface area contributed by atoms with Gasteiger partial charge in [-0.1, -0.05) is 49.1 Å². The fraction of sp³-hybridized carbons (Fsp3) is 0.333. The van der Waals surface area contributed by atoms with Crippen LogP contribution in [0.2, 0.25) is 0 Å². The summed E-state index contributed by atoms with van der Waals surface area (Å²) in [6.45, 7) is 4.60. The van der Waals surface area contributed by atoms with Crippen molar-refractivity contribution in [3.05, 3.63) is 59.7 Å². The lowest BCUT2D eigenvalue weighted by atomic mass is 10.1. The van der Waals surface area contributed by atoms with E-state index >= 15 is 0 Å². The van der Waals surface area contributed by atoms with Gasteiger partial charge in [-0.05, 0) is 49.2 Å². The predicted molar refractivity (Wildman–Crippen MR) is 144 cm³/mol. The van der Waals surface area contributed by atoms with E-state index in [1.54, 1.807) is 0 Å². The molecule has 0 unspecified atom stereocenters. The van der Waals surface area contributed by atoms with Crippen LogP contribution in [0, 0.1) is 0 Å². The zero-order valence-electron chi connectivity index (χ0n) is 21.0. The SMILES string of the molecule is CCCN(CCC)S(=O)(=O)c1ccc(C(=O)Nc2nnc(SCC(=O)Nc3ccccc3C(F)(F)F)s2)cc1. The number of para-hydroxylation sites is 1. The van der Waals surface area contributed by atoms with Crippen molar-refractivity contribution >= 4 is 55.8 Å². The minimum atomic E-state index is -4.61. The standard InChI is InChI=1S/C24H26F3N5O4S3/c1-3-13-32(14-4-2)39(35,36)17-11-9-16(10-12-17)21(34)29-22-30-31-23(38-22)37-15-20(33)28-19-8-6-5-7-18(19)24(25,26)27/h5-12H,3-4,13-15H2,1-2H3,(H,28,33)(H,29,30,34). The highest BCUT2D eigenvalue weighted by atomic mass is 32.2. The van der Waals surface area contributed by atoms with Crippen molar-refractivity contribution in [2.24, 2.45) is 0 Å². The number of rotatable bonds is 12. The molecule has 0 saturated heterocycles. The quantitative estimate of drug-likeness (QED) is 0.212. The molecule has 3 rings (SSSR count). The summed E-state index contributed by atoms with van der Waals surface area (Å²) in [6.07, 6.45) is -3.25. The van der Waals surface area contributed by atoms with Gasteiger partial charge in [-0.15, -0.1) is 10.2 Å². The van der Waals surface area contributed by atoms with Gasteiger partial charge in [-0.3, -0.25) is 14.9 Å². The molecule has 0 spiro atoms. The summed E-state index contributed by atoms with van der Waals surface area (Å²) in [5.41, 5.74) is -1.09. The molecule has 39 heavy (non-hydrogen) atoms. The molecule has 1 aromatic heterocycles. The number of alkyl halides is 3. The Morgan fingerprint density at radius 2 is 1.62 bits per heavy atom. The molecule has 3 aromatic rings. The normalized spacial score (nSPS) is 11.9. The van der Waals surface area contributed by atoms with Crippen LogP contribution in [-0.2, 0) is 21.0 Å². The monoisotopic (exact) mass is 601 g/mol. The Hall–Kier alpha value is -3.01. The largest absolute Gasteiger partial charge is 0.418 e. The second-order valence-electron chi connectivity index (χ2n) is 8.14. The van der Waals surface area contributed by atoms with E-state index in [2.05, 4.69) is 20.8 Å². The number of hydrogen-bond donors (Lipinski definition) is 2. The van der Waals surface area contributed by atoms with Crippen molar-refractivity contribution in [1.29, 1.82) is 0 Å². The highest BCUT2D eigenvalue weighted by molar-refractivity contribution is 8.01. The highest BCUT2D eigenvalue weighted by Gasteiger charge is 2.33. The third-order valence-corrected chi connectivity index (χ3v) is 9.05. The van der Waals surface area contributed by atoms with Gasteiger partial charge in [0.2, 0.25) is 21.1 Å². The number of carbonyl (C=O) groups is 2. The maximum Gasteiger partial charge on any atom is 0.418 e. The number of sulfonamides is 1. The number of nitrogens with zero attached hydrogens (tertiary/aromatic N) is 3. The lowest BCUT2D eigenvalue weighted by Gasteiger charge is -2.21. The van der Waals surface area contributed by atoms with Gasteiger partial charge in [0.05, 0.1) is 21.9 Å². The first-order valence-corrected chi connectivity index (χ1v) is 15.0. The van der Waals surface area contributed by atoms with E-state index in [1.807, 2.05) is 13.8 Å². The van der Waals surface area contributed by atoms with Crippen LogP contribution in [0.1, 0.15) is 42.6 Å². The summed E-state index contributed by atoms with van der Waals surface area (Å²) in [5.74, 6) is -1.42. The molecule has 9 nitrogen and oxygen atoms in total. The predicted octanol–water partition coefficient (Wildman–Crippen LogP) is 5.35. The van der Waals surface area contributed by atoms with Gasteiger partial charge in [0.1, 0.15) is 0 Å². The van der Waals surface area contributed by atoms with Crippen molar-refractivity contribution in [1.82, 2.24) is 14.5 Å². The van der Waals surface area contributed by atoms with E-state index < -0.39 is 33.6 Å². The topological polar surface area (TPSA) is 121 Å². The Morgan fingerprint density at radius 3 is 2.23 bits per heavy atom. The van der Waals surface area contributed by atoms with Gasteiger partial charge in [0.15, 0.2) is 4.34 Å². The van der Waals surface area contributed by atoms with Gasteiger partial charge in [-0.25, -0.2) is 8.42 Å². The van der Waals surface area contributed by atoms with Crippen LogP contribution in [0.5, 0.6) is 0 Å². The van der Waals surface area contributed by atoms with Gasteiger partial charge >= 0.3 is 6.18 Å². The average molecular weight is 602 g/mol. The molecule has 15 heteroatoms. The zero-order valence-corrected chi connectivity index (χ0v) is 23.4. The molecule has 0 aliphatic rings. The smallest absolute Gasteiger partial charge is 0.325 e. The first-order valence-electron chi connectivity index (χ1n) is 11.8. The van der Waals surface area contributed by atoms with E-state index in [9.17, 15) is 31.2 Å². The fourth-order valence-electron chi connectivity index (χ4n) is 3.42. The second kappa shape index (κ2) is 13.4. The molecular formula is C24H26F3N5O4S3. The number of halogens is 3. The second-order valence-corrected chi connectivity index (χ2v) is 12.3. The minimum Gasteiger partial charge on any atom is -0.325 e. The van der Waals surface area contributed by atoms with Crippen molar-refractivity contribution < 1.29 is 31.2 Å². The van der Waals surface area contributed by atoms with Crippen molar-refractivity contribution in [2.45, 2.75) is 42.1 Å². The molecule has 0 aliphatic carbocycles. The van der Waals surface area contributed by atoms with E-state index in [1.165, 1.54) is 46.8 Å². The van der Waals surface area contributed by atoms with Crippen LogP contribution in [0.25, 0.3) is 0 Å². The minimum absolute atomic E-state index is 0.0895. The highest BCUT2D eigenvalue weighted by Crippen LogP contribution is 2.35. The molecule has 1 heterocycles.